The van der Waals surface area contributed by atoms with Crippen molar-refractivity contribution in [3.8, 4) is 5.75 Å². The van der Waals surface area contributed by atoms with Crippen molar-refractivity contribution in [2.75, 3.05) is 29.9 Å². The van der Waals surface area contributed by atoms with E-state index in [1.54, 1.807) is 31.2 Å². The van der Waals surface area contributed by atoms with Crippen molar-refractivity contribution in [1.29, 1.82) is 0 Å². The fourth-order valence-electron chi connectivity index (χ4n) is 3.35. The van der Waals surface area contributed by atoms with Crippen LogP contribution in [0.5, 0.6) is 5.75 Å². The summed E-state index contributed by atoms with van der Waals surface area (Å²) in [5.74, 6) is -0.518. The third-order valence-corrected chi connectivity index (χ3v) is 4.92. The Labute approximate surface area is 171 Å². The van der Waals surface area contributed by atoms with E-state index in [-0.39, 0.29) is 5.91 Å². The Kier molecular flexibility index (Phi) is 7.11. The van der Waals surface area contributed by atoms with Gasteiger partial charge in [-0.1, -0.05) is 12.1 Å². The van der Waals surface area contributed by atoms with Crippen LogP contribution in [-0.4, -0.2) is 37.7 Å². The van der Waals surface area contributed by atoms with Gasteiger partial charge < -0.3 is 19.7 Å². The molecule has 2 aromatic carbocycles. The normalized spacial score (nSPS) is 14.8. The largest absolute Gasteiger partial charge is 0.493 e. The first-order valence-electron chi connectivity index (χ1n) is 10.2. The molecule has 1 N–H and O–H groups in total. The van der Waals surface area contributed by atoms with Gasteiger partial charge in [0.25, 0.3) is 5.91 Å². The molecule has 0 aromatic heterocycles. The van der Waals surface area contributed by atoms with Gasteiger partial charge in [-0.15, -0.1) is 0 Å². The molecule has 29 heavy (non-hydrogen) atoms. The molecule has 154 valence electrons. The number of hydrogen-bond donors (Lipinski definition) is 1. The van der Waals surface area contributed by atoms with Crippen molar-refractivity contribution in [2.24, 2.45) is 0 Å². The van der Waals surface area contributed by atoms with Crippen LogP contribution >= 0.6 is 0 Å². The summed E-state index contributed by atoms with van der Waals surface area (Å²) < 4.78 is 10.8. The zero-order valence-corrected chi connectivity index (χ0v) is 17.0. The first kappa shape index (κ1) is 20.7. The number of esters is 1. The minimum atomic E-state index is -0.932. The zero-order chi connectivity index (χ0) is 20.6. The minimum absolute atomic E-state index is 0.305. The predicted molar refractivity (Wildman–Crippen MR) is 114 cm³/mol. The summed E-state index contributed by atoms with van der Waals surface area (Å²) in [5.41, 5.74) is 2.14. The summed E-state index contributed by atoms with van der Waals surface area (Å²) >= 11 is 0. The molecule has 1 atom stereocenters. The summed E-state index contributed by atoms with van der Waals surface area (Å²) in [4.78, 5) is 27.2. The van der Waals surface area contributed by atoms with E-state index in [0.29, 0.717) is 23.6 Å². The topological polar surface area (TPSA) is 67.9 Å². The average Bonchev–Trinajstić information content (AvgIpc) is 2.75. The van der Waals surface area contributed by atoms with E-state index < -0.39 is 12.1 Å². The summed E-state index contributed by atoms with van der Waals surface area (Å²) in [6.45, 7) is 5.98. The summed E-state index contributed by atoms with van der Waals surface area (Å²) in [6.07, 6.45) is 2.79. The Morgan fingerprint density at radius 3 is 2.41 bits per heavy atom. The first-order valence-corrected chi connectivity index (χ1v) is 10.2. The van der Waals surface area contributed by atoms with Gasteiger partial charge in [0.15, 0.2) is 6.10 Å². The molecule has 1 aliphatic heterocycles. The molecule has 6 heteroatoms. The molecule has 3 rings (SSSR count). The van der Waals surface area contributed by atoms with Gasteiger partial charge in [0, 0.05) is 24.5 Å². The van der Waals surface area contributed by atoms with Crippen LogP contribution in [0.15, 0.2) is 48.5 Å². The van der Waals surface area contributed by atoms with Crippen LogP contribution in [0.4, 0.5) is 11.4 Å². The minimum Gasteiger partial charge on any atom is -0.493 e. The molecule has 1 aliphatic rings. The van der Waals surface area contributed by atoms with Crippen LogP contribution in [0.2, 0.25) is 0 Å². The second-order valence-corrected chi connectivity index (χ2v) is 7.06. The average molecular weight is 396 g/mol. The van der Waals surface area contributed by atoms with Gasteiger partial charge >= 0.3 is 5.97 Å². The number of carbonyl (C=O) groups excluding carboxylic acids is 2. The van der Waals surface area contributed by atoms with E-state index in [0.717, 1.165) is 18.8 Å². The highest BCUT2D eigenvalue weighted by atomic mass is 16.5. The Morgan fingerprint density at radius 1 is 1.03 bits per heavy atom. The van der Waals surface area contributed by atoms with Crippen molar-refractivity contribution in [3.63, 3.8) is 0 Å². The second-order valence-electron chi connectivity index (χ2n) is 7.06. The van der Waals surface area contributed by atoms with Gasteiger partial charge in [0.1, 0.15) is 11.3 Å². The third kappa shape index (κ3) is 5.50. The van der Waals surface area contributed by atoms with Gasteiger partial charge in [-0.05, 0) is 69.5 Å². The van der Waals surface area contributed by atoms with Crippen LogP contribution in [-0.2, 0) is 9.53 Å². The molecule has 0 aliphatic carbocycles. The number of anilines is 2. The zero-order valence-electron chi connectivity index (χ0n) is 17.0. The van der Waals surface area contributed by atoms with Crippen molar-refractivity contribution >= 4 is 23.3 Å². The molecular formula is C23H28N2O4. The standard InChI is InChI=1S/C23H28N2O4/c1-3-28-21-10-6-5-9-20(21)23(27)29-17(2)22(26)24-18-11-13-19(14-12-18)25-15-7-4-8-16-25/h5-6,9-14,17H,3-4,7-8,15-16H2,1-2H3,(H,24,26)/t17-/m1/s1. The highest BCUT2D eigenvalue weighted by molar-refractivity contribution is 5.98. The lowest BCUT2D eigenvalue weighted by atomic mass is 10.1. The number of hydrogen-bond acceptors (Lipinski definition) is 5. The fourth-order valence-corrected chi connectivity index (χ4v) is 3.35. The van der Waals surface area contributed by atoms with E-state index in [1.807, 2.05) is 31.2 Å². The SMILES string of the molecule is CCOc1ccccc1C(=O)O[C@H](C)C(=O)Nc1ccc(N2CCCCC2)cc1. The number of rotatable bonds is 7. The van der Waals surface area contributed by atoms with Gasteiger partial charge in [-0.2, -0.15) is 0 Å². The molecule has 1 fully saturated rings. The lowest BCUT2D eigenvalue weighted by Gasteiger charge is -2.28. The van der Waals surface area contributed by atoms with Crippen LogP contribution in [0.1, 0.15) is 43.5 Å². The van der Waals surface area contributed by atoms with Gasteiger partial charge in [0.05, 0.1) is 6.61 Å². The maximum absolute atomic E-state index is 12.4. The Bertz CT molecular complexity index is 829. The molecule has 0 unspecified atom stereocenters. The molecule has 0 radical (unpaired) electrons. The maximum atomic E-state index is 12.4. The summed E-state index contributed by atoms with van der Waals surface area (Å²) in [7, 11) is 0. The lowest BCUT2D eigenvalue weighted by molar-refractivity contribution is -0.123. The lowest BCUT2D eigenvalue weighted by Crippen LogP contribution is -2.30. The monoisotopic (exact) mass is 396 g/mol. The number of carbonyl (C=O) groups is 2. The van der Waals surface area contributed by atoms with Crippen LogP contribution in [0, 0.1) is 0 Å². The van der Waals surface area contributed by atoms with Crippen LogP contribution < -0.4 is 15.0 Å². The molecule has 1 saturated heterocycles. The Morgan fingerprint density at radius 2 is 1.72 bits per heavy atom. The predicted octanol–water partition coefficient (Wildman–Crippen LogP) is 4.26. The van der Waals surface area contributed by atoms with Crippen molar-refractivity contribution in [3.05, 3.63) is 54.1 Å². The van der Waals surface area contributed by atoms with E-state index >= 15 is 0 Å². The number of nitrogens with zero attached hydrogens (tertiary/aromatic N) is 1. The van der Waals surface area contributed by atoms with Crippen LogP contribution in [0.25, 0.3) is 0 Å². The Hall–Kier alpha value is -3.02. The number of benzene rings is 2. The number of para-hydroxylation sites is 1. The first-order chi connectivity index (χ1) is 14.1. The molecule has 2 aromatic rings. The molecule has 0 bridgehead atoms. The van der Waals surface area contributed by atoms with Crippen LogP contribution in [0.3, 0.4) is 0 Å². The quantitative estimate of drug-likeness (QED) is 0.709. The second kappa shape index (κ2) is 9.96. The maximum Gasteiger partial charge on any atom is 0.342 e. The molecule has 1 amide bonds. The third-order valence-electron chi connectivity index (χ3n) is 4.92. The highest BCUT2D eigenvalue weighted by Gasteiger charge is 2.21. The van der Waals surface area contributed by atoms with E-state index in [9.17, 15) is 9.59 Å². The van der Waals surface area contributed by atoms with Crippen molar-refractivity contribution < 1.29 is 19.1 Å². The van der Waals surface area contributed by atoms with Crippen molar-refractivity contribution in [2.45, 2.75) is 39.2 Å². The number of nitrogens with one attached hydrogen (secondary N) is 1. The molecule has 1 heterocycles. The number of ether oxygens (including phenoxy) is 2. The molecular weight excluding hydrogens is 368 g/mol. The van der Waals surface area contributed by atoms with Gasteiger partial charge in [0.2, 0.25) is 0 Å². The highest BCUT2D eigenvalue weighted by Crippen LogP contribution is 2.22. The summed E-state index contributed by atoms with van der Waals surface area (Å²) in [6, 6.07) is 14.6. The molecule has 0 spiro atoms. The van der Waals surface area contributed by atoms with Crippen molar-refractivity contribution in [1.82, 2.24) is 0 Å². The smallest absolute Gasteiger partial charge is 0.342 e. The Balaban J connectivity index is 1.57. The summed E-state index contributed by atoms with van der Waals surface area (Å²) in [5, 5.41) is 2.80. The number of piperidine rings is 1. The van der Waals surface area contributed by atoms with E-state index in [2.05, 4.69) is 10.2 Å². The molecule has 6 nitrogen and oxygen atoms in total. The fraction of sp³-hybridized carbons (Fsp3) is 0.391. The van der Waals surface area contributed by atoms with E-state index in [1.165, 1.54) is 19.3 Å². The van der Waals surface area contributed by atoms with Gasteiger partial charge in [-0.25, -0.2) is 4.79 Å². The van der Waals surface area contributed by atoms with E-state index in [4.69, 9.17) is 9.47 Å². The number of amides is 1. The van der Waals surface area contributed by atoms with Gasteiger partial charge in [-0.3, -0.25) is 4.79 Å². The molecule has 0 saturated carbocycles.